The number of hydrogen-bond acceptors (Lipinski definition) is 3. The lowest BCUT2D eigenvalue weighted by atomic mass is 9.86. The Hall–Kier alpha value is -3.41. The molecule has 3 aromatic rings. The van der Waals surface area contributed by atoms with Gasteiger partial charge in [-0.05, 0) is 62.4 Å². The molecule has 0 unspecified atom stereocenters. The number of nitrogens with one attached hydrogen (secondary N) is 1. The number of rotatable bonds is 6. The lowest BCUT2D eigenvalue weighted by Gasteiger charge is -2.43. The van der Waals surface area contributed by atoms with Crippen molar-refractivity contribution < 1.29 is 9.59 Å². The number of piperidine rings is 1. The molecule has 0 spiro atoms. The molecule has 4 rings (SSSR count). The Balaban J connectivity index is 1.39. The van der Waals surface area contributed by atoms with Crippen molar-refractivity contribution in [3.63, 3.8) is 0 Å². The molecule has 0 bridgehead atoms. The lowest BCUT2D eigenvalue weighted by Crippen LogP contribution is -2.61. The number of para-hydroxylation sites is 1. The van der Waals surface area contributed by atoms with E-state index in [9.17, 15) is 9.59 Å². The first-order valence-corrected chi connectivity index (χ1v) is 10.8. The van der Waals surface area contributed by atoms with E-state index in [0.717, 1.165) is 24.1 Å². The summed E-state index contributed by atoms with van der Waals surface area (Å²) in [6.45, 7) is 2.99. The summed E-state index contributed by atoms with van der Waals surface area (Å²) in [6.07, 6.45) is 7.01. The number of nitrogens with zero attached hydrogens (tertiary/aromatic N) is 3. The van der Waals surface area contributed by atoms with Crippen LogP contribution < -0.4 is 5.32 Å². The van der Waals surface area contributed by atoms with Crippen molar-refractivity contribution in [3.05, 3.63) is 84.2 Å². The topological polar surface area (TPSA) is 67.2 Å². The summed E-state index contributed by atoms with van der Waals surface area (Å²) < 4.78 is 1.83. The van der Waals surface area contributed by atoms with Crippen molar-refractivity contribution in [1.29, 1.82) is 0 Å². The molecule has 2 heterocycles. The zero-order chi connectivity index (χ0) is 21.7. The maximum atomic E-state index is 13.2. The number of carbonyl (C=O) groups is 2. The first kappa shape index (κ1) is 20.8. The summed E-state index contributed by atoms with van der Waals surface area (Å²) in [7, 11) is 0. The molecule has 2 aromatic carbocycles. The van der Waals surface area contributed by atoms with E-state index in [2.05, 4.69) is 10.4 Å². The molecule has 1 aliphatic rings. The van der Waals surface area contributed by atoms with Gasteiger partial charge in [-0.1, -0.05) is 36.4 Å². The highest BCUT2D eigenvalue weighted by molar-refractivity contribution is 5.99. The van der Waals surface area contributed by atoms with Gasteiger partial charge in [-0.2, -0.15) is 5.10 Å². The van der Waals surface area contributed by atoms with Gasteiger partial charge in [0, 0.05) is 24.8 Å². The minimum atomic E-state index is -0.834. The Labute approximate surface area is 182 Å². The summed E-state index contributed by atoms with van der Waals surface area (Å²) in [5, 5.41) is 7.46. The van der Waals surface area contributed by atoms with Crippen LogP contribution in [0.3, 0.4) is 0 Å². The fourth-order valence-corrected chi connectivity index (χ4v) is 4.14. The van der Waals surface area contributed by atoms with Crippen molar-refractivity contribution in [2.75, 3.05) is 13.1 Å². The molecular weight excluding hydrogens is 388 g/mol. The van der Waals surface area contributed by atoms with Gasteiger partial charge in [-0.15, -0.1) is 0 Å². The molecule has 160 valence electrons. The normalized spacial score (nSPS) is 18.5. The number of hydrogen-bond donors (Lipinski definition) is 1. The van der Waals surface area contributed by atoms with Crippen LogP contribution in [0.25, 0.3) is 5.69 Å². The van der Waals surface area contributed by atoms with Crippen molar-refractivity contribution in [1.82, 2.24) is 20.0 Å². The minimum Gasteiger partial charge on any atom is -0.354 e. The summed E-state index contributed by atoms with van der Waals surface area (Å²) in [4.78, 5) is 28.0. The van der Waals surface area contributed by atoms with Crippen LogP contribution >= 0.6 is 0 Å². The third-order valence-electron chi connectivity index (χ3n) is 6.00. The zero-order valence-electron chi connectivity index (χ0n) is 17.8. The molecule has 0 radical (unpaired) electrons. The molecular formula is C25H28N4O2. The molecule has 2 amide bonds. The average Bonchev–Trinajstić information content (AvgIpc) is 3.29. The van der Waals surface area contributed by atoms with Crippen molar-refractivity contribution in [3.8, 4) is 5.69 Å². The molecule has 1 atom stereocenters. The Morgan fingerprint density at radius 3 is 2.48 bits per heavy atom. The van der Waals surface area contributed by atoms with Crippen LogP contribution in [0.15, 0.2) is 73.1 Å². The van der Waals surface area contributed by atoms with E-state index >= 15 is 0 Å². The second-order valence-corrected chi connectivity index (χ2v) is 8.19. The third kappa shape index (κ3) is 4.53. The predicted octanol–water partition coefficient (Wildman–Crippen LogP) is 3.62. The Kier molecular flexibility index (Phi) is 6.16. The minimum absolute atomic E-state index is 0.0814. The van der Waals surface area contributed by atoms with Gasteiger partial charge in [0.05, 0.1) is 11.9 Å². The van der Waals surface area contributed by atoms with E-state index in [1.54, 1.807) is 17.0 Å². The first-order chi connectivity index (χ1) is 15.1. The zero-order valence-corrected chi connectivity index (χ0v) is 17.8. The Bertz CT molecular complexity index is 1030. The smallest absolute Gasteiger partial charge is 0.254 e. The van der Waals surface area contributed by atoms with E-state index < -0.39 is 5.54 Å². The molecule has 1 fully saturated rings. The van der Waals surface area contributed by atoms with Crippen LogP contribution in [0, 0.1) is 0 Å². The third-order valence-corrected chi connectivity index (χ3v) is 6.00. The highest BCUT2D eigenvalue weighted by Gasteiger charge is 2.43. The fourth-order valence-electron chi connectivity index (χ4n) is 4.14. The van der Waals surface area contributed by atoms with Crippen molar-refractivity contribution in [2.24, 2.45) is 0 Å². The summed E-state index contributed by atoms with van der Waals surface area (Å²) in [5.74, 6) is -0.172. The second kappa shape index (κ2) is 9.16. The highest BCUT2D eigenvalue weighted by atomic mass is 16.2. The number of carbonyl (C=O) groups excluding carboxylic acids is 2. The SMILES string of the molecule is C[C@@]1(C(=O)NCCc2cnn(-c3ccccc3)c2)CCCCN1C(=O)c1ccccc1. The van der Waals surface area contributed by atoms with Crippen molar-refractivity contribution >= 4 is 11.8 Å². The molecule has 1 saturated heterocycles. The maximum Gasteiger partial charge on any atom is 0.254 e. The van der Waals surface area contributed by atoms with Crippen LogP contribution in [0.2, 0.25) is 0 Å². The molecule has 6 nitrogen and oxygen atoms in total. The van der Waals surface area contributed by atoms with Crippen LogP contribution in [0.1, 0.15) is 42.1 Å². The van der Waals surface area contributed by atoms with Gasteiger partial charge < -0.3 is 10.2 Å². The largest absolute Gasteiger partial charge is 0.354 e. The average molecular weight is 417 g/mol. The Morgan fingerprint density at radius 2 is 1.74 bits per heavy atom. The van der Waals surface area contributed by atoms with Gasteiger partial charge in [0.25, 0.3) is 5.91 Å². The van der Waals surface area contributed by atoms with E-state index in [4.69, 9.17) is 0 Å². The van der Waals surface area contributed by atoms with Gasteiger partial charge >= 0.3 is 0 Å². The molecule has 1 aromatic heterocycles. The molecule has 31 heavy (non-hydrogen) atoms. The summed E-state index contributed by atoms with van der Waals surface area (Å²) >= 11 is 0. The number of aromatic nitrogens is 2. The fraction of sp³-hybridized carbons (Fsp3) is 0.320. The van der Waals surface area contributed by atoms with E-state index in [1.165, 1.54) is 0 Å². The standard InChI is InChI=1S/C25H28N4O2/c1-25(15-8-9-17-28(25)23(30)21-10-4-2-5-11-21)24(31)26-16-14-20-18-27-29(19-20)22-12-6-3-7-13-22/h2-7,10-13,18-19H,8-9,14-17H2,1H3,(H,26,31)/t25-/m0/s1. The highest BCUT2D eigenvalue weighted by Crippen LogP contribution is 2.30. The number of amides is 2. The summed E-state index contributed by atoms with van der Waals surface area (Å²) in [6, 6.07) is 19.1. The predicted molar refractivity (Wildman–Crippen MR) is 120 cm³/mol. The van der Waals surface area contributed by atoms with E-state index in [1.807, 2.05) is 72.5 Å². The quantitative estimate of drug-likeness (QED) is 0.667. The van der Waals surface area contributed by atoms with E-state index in [0.29, 0.717) is 31.5 Å². The lowest BCUT2D eigenvalue weighted by molar-refractivity contribution is -0.133. The van der Waals surface area contributed by atoms with Crippen LogP contribution in [0.5, 0.6) is 0 Å². The molecule has 1 N–H and O–H groups in total. The van der Waals surface area contributed by atoms with Gasteiger partial charge in [0.1, 0.15) is 5.54 Å². The van der Waals surface area contributed by atoms with Crippen LogP contribution in [-0.4, -0.2) is 45.1 Å². The molecule has 0 saturated carbocycles. The van der Waals surface area contributed by atoms with Crippen molar-refractivity contribution in [2.45, 2.75) is 38.1 Å². The molecule has 6 heteroatoms. The second-order valence-electron chi connectivity index (χ2n) is 8.19. The van der Waals surface area contributed by atoms with Gasteiger partial charge in [-0.25, -0.2) is 4.68 Å². The van der Waals surface area contributed by atoms with E-state index in [-0.39, 0.29) is 11.8 Å². The Morgan fingerprint density at radius 1 is 1.03 bits per heavy atom. The first-order valence-electron chi connectivity index (χ1n) is 10.8. The maximum absolute atomic E-state index is 13.2. The van der Waals surface area contributed by atoms with Crippen LogP contribution in [-0.2, 0) is 11.2 Å². The van der Waals surface area contributed by atoms with Crippen LogP contribution in [0.4, 0.5) is 0 Å². The van der Waals surface area contributed by atoms with Gasteiger partial charge in [0.15, 0.2) is 0 Å². The number of benzene rings is 2. The number of likely N-dealkylation sites (tertiary alicyclic amines) is 1. The monoisotopic (exact) mass is 416 g/mol. The van der Waals surface area contributed by atoms with Gasteiger partial charge in [-0.3, -0.25) is 9.59 Å². The van der Waals surface area contributed by atoms with Gasteiger partial charge in [0.2, 0.25) is 5.91 Å². The molecule has 0 aliphatic carbocycles. The molecule has 1 aliphatic heterocycles. The summed E-state index contributed by atoms with van der Waals surface area (Å²) in [5.41, 5.74) is 1.84.